The molecule has 0 aliphatic carbocycles. The van der Waals surface area contributed by atoms with Crippen molar-refractivity contribution >= 4 is 6.21 Å². The van der Waals surface area contributed by atoms with Gasteiger partial charge in [0, 0.05) is 0 Å². The van der Waals surface area contributed by atoms with Crippen LogP contribution >= 0.6 is 0 Å². The second kappa shape index (κ2) is 9.51. The van der Waals surface area contributed by atoms with Gasteiger partial charge in [0.25, 0.3) is 0 Å². The third-order valence-electron chi connectivity index (χ3n) is 2.51. The van der Waals surface area contributed by atoms with Crippen molar-refractivity contribution < 1.29 is 9.57 Å². The first-order valence-corrected chi connectivity index (χ1v) is 6.72. The molecule has 0 heterocycles. The van der Waals surface area contributed by atoms with Crippen LogP contribution in [-0.2, 0) is 11.3 Å². The Hall–Kier alpha value is -1.51. The molecule has 1 aromatic rings. The zero-order valence-electron chi connectivity index (χ0n) is 11.4. The molecule has 0 atom stereocenters. The van der Waals surface area contributed by atoms with Gasteiger partial charge in [-0.2, -0.15) is 0 Å². The molecule has 0 spiro atoms. The Balaban J connectivity index is 2.24. The summed E-state index contributed by atoms with van der Waals surface area (Å²) in [6.45, 7) is 5.35. The van der Waals surface area contributed by atoms with Gasteiger partial charge in [-0.3, -0.25) is 0 Å². The number of hydrogen-bond donors (Lipinski definition) is 0. The Morgan fingerprint density at radius 3 is 2.56 bits per heavy atom. The zero-order valence-corrected chi connectivity index (χ0v) is 11.4. The minimum atomic E-state index is 0.442. The highest BCUT2D eigenvalue weighted by atomic mass is 16.6. The van der Waals surface area contributed by atoms with E-state index in [4.69, 9.17) is 9.57 Å². The lowest BCUT2D eigenvalue weighted by molar-refractivity contribution is 0.145. The summed E-state index contributed by atoms with van der Waals surface area (Å²) in [4.78, 5) is 4.97. The van der Waals surface area contributed by atoms with Crippen LogP contribution in [-0.4, -0.2) is 19.4 Å². The van der Waals surface area contributed by atoms with Crippen molar-refractivity contribution in [1.82, 2.24) is 0 Å². The van der Waals surface area contributed by atoms with E-state index in [0.717, 1.165) is 18.6 Å². The van der Waals surface area contributed by atoms with Crippen molar-refractivity contribution in [3.05, 3.63) is 29.8 Å². The van der Waals surface area contributed by atoms with E-state index in [1.54, 1.807) is 6.21 Å². The summed E-state index contributed by atoms with van der Waals surface area (Å²) in [5.41, 5.74) is 1.36. The molecule has 0 amide bonds. The molecule has 0 saturated heterocycles. The molecular formula is C15H23NO2. The van der Waals surface area contributed by atoms with E-state index < -0.39 is 0 Å². The molecule has 1 aromatic carbocycles. The van der Waals surface area contributed by atoms with Crippen LogP contribution in [0.15, 0.2) is 29.4 Å². The van der Waals surface area contributed by atoms with Crippen molar-refractivity contribution in [3.63, 3.8) is 0 Å². The minimum absolute atomic E-state index is 0.442. The topological polar surface area (TPSA) is 30.8 Å². The van der Waals surface area contributed by atoms with Crippen LogP contribution in [0.2, 0.25) is 0 Å². The quantitative estimate of drug-likeness (QED) is 0.378. The van der Waals surface area contributed by atoms with Gasteiger partial charge in [0.05, 0.1) is 6.21 Å². The lowest BCUT2D eigenvalue weighted by Crippen LogP contribution is -1.99. The molecule has 3 nitrogen and oxygen atoms in total. The maximum Gasteiger partial charge on any atom is 0.127 e. The van der Waals surface area contributed by atoms with Crippen LogP contribution < -0.4 is 4.74 Å². The molecule has 0 radical (unpaired) electrons. The summed E-state index contributed by atoms with van der Waals surface area (Å²) < 4.78 is 5.52. The van der Waals surface area contributed by atoms with Crippen LogP contribution in [0.3, 0.4) is 0 Å². The lowest BCUT2D eigenvalue weighted by Gasteiger charge is -2.04. The van der Waals surface area contributed by atoms with Gasteiger partial charge in [0.2, 0.25) is 0 Å². The fourth-order valence-electron chi connectivity index (χ4n) is 1.49. The number of rotatable bonds is 9. The summed E-state index contributed by atoms with van der Waals surface area (Å²) in [5, 5.41) is 3.78. The highest BCUT2D eigenvalue weighted by Crippen LogP contribution is 2.13. The van der Waals surface area contributed by atoms with Gasteiger partial charge in [-0.25, -0.2) is 0 Å². The maximum absolute atomic E-state index is 5.52. The Morgan fingerprint density at radius 1 is 1.11 bits per heavy atom. The average molecular weight is 249 g/mol. The van der Waals surface area contributed by atoms with Crippen LogP contribution in [0.4, 0.5) is 0 Å². The number of ether oxygens (including phenoxy) is 1. The van der Waals surface area contributed by atoms with E-state index in [0.29, 0.717) is 13.2 Å². The van der Waals surface area contributed by atoms with E-state index in [1.165, 1.54) is 18.4 Å². The molecule has 0 bridgehead atoms. The van der Waals surface area contributed by atoms with Gasteiger partial charge >= 0.3 is 0 Å². The van der Waals surface area contributed by atoms with Crippen molar-refractivity contribution in [2.75, 3.05) is 13.2 Å². The van der Waals surface area contributed by atoms with Crippen molar-refractivity contribution in [2.45, 2.75) is 39.5 Å². The molecule has 3 heteroatoms. The zero-order chi connectivity index (χ0) is 13.1. The number of hydrogen-bond acceptors (Lipinski definition) is 3. The third kappa shape index (κ3) is 6.28. The third-order valence-corrected chi connectivity index (χ3v) is 2.51. The lowest BCUT2D eigenvalue weighted by atomic mass is 10.1. The van der Waals surface area contributed by atoms with Crippen molar-refractivity contribution in [1.29, 1.82) is 0 Å². The predicted octanol–water partition coefficient (Wildman–Crippen LogP) is 3.82. The van der Waals surface area contributed by atoms with Gasteiger partial charge in [0.15, 0.2) is 0 Å². The van der Waals surface area contributed by atoms with Crippen LogP contribution in [0, 0.1) is 0 Å². The fourth-order valence-corrected chi connectivity index (χ4v) is 1.49. The molecule has 0 aromatic heterocycles. The highest BCUT2D eigenvalue weighted by Gasteiger charge is 1.94. The molecular weight excluding hydrogens is 226 g/mol. The number of aryl methyl sites for hydroxylation is 1. The fraction of sp³-hybridized carbons (Fsp3) is 0.533. The van der Waals surface area contributed by atoms with E-state index in [9.17, 15) is 0 Å². The molecule has 0 aliphatic rings. The van der Waals surface area contributed by atoms with E-state index >= 15 is 0 Å². The van der Waals surface area contributed by atoms with Crippen molar-refractivity contribution in [3.8, 4) is 5.75 Å². The van der Waals surface area contributed by atoms with Crippen LogP contribution in [0.25, 0.3) is 0 Å². The first kappa shape index (κ1) is 14.6. The Labute approximate surface area is 110 Å². The van der Waals surface area contributed by atoms with Gasteiger partial charge in [0.1, 0.15) is 19.0 Å². The largest absolute Gasteiger partial charge is 0.488 e. The standard InChI is InChI=1S/C15H23NO2/c1-3-5-6-14-7-9-15(10-8-14)17-13-11-16-18-12-4-2/h7-11H,3-6,12-13H2,1-2H3. The molecule has 0 saturated carbocycles. The van der Waals surface area contributed by atoms with Gasteiger partial charge in [-0.05, 0) is 37.0 Å². The minimum Gasteiger partial charge on any atom is -0.488 e. The molecule has 0 fully saturated rings. The van der Waals surface area contributed by atoms with Crippen molar-refractivity contribution in [2.24, 2.45) is 5.16 Å². The summed E-state index contributed by atoms with van der Waals surface area (Å²) in [5.74, 6) is 0.872. The monoisotopic (exact) mass is 249 g/mol. The Bertz CT molecular complexity index is 333. The maximum atomic E-state index is 5.52. The summed E-state index contributed by atoms with van der Waals surface area (Å²) in [7, 11) is 0. The van der Waals surface area contributed by atoms with Gasteiger partial charge in [-0.15, -0.1) is 0 Å². The summed E-state index contributed by atoms with van der Waals surface area (Å²) in [6, 6.07) is 8.25. The Morgan fingerprint density at radius 2 is 1.89 bits per heavy atom. The van der Waals surface area contributed by atoms with E-state index in [1.807, 2.05) is 19.1 Å². The summed E-state index contributed by atoms with van der Waals surface area (Å²) >= 11 is 0. The molecule has 0 unspecified atom stereocenters. The van der Waals surface area contributed by atoms with E-state index in [-0.39, 0.29) is 0 Å². The Kier molecular flexibility index (Phi) is 7.69. The first-order valence-electron chi connectivity index (χ1n) is 6.72. The number of nitrogens with zero attached hydrogens (tertiary/aromatic N) is 1. The van der Waals surface area contributed by atoms with Crippen LogP contribution in [0.1, 0.15) is 38.7 Å². The normalized spacial score (nSPS) is 10.8. The van der Waals surface area contributed by atoms with Gasteiger partial charge in [-0.1, -0.05) is 37.6 Å². The highest BCUT2D eigenvalue weighted by molar-refractivity contribution is 5.58. The van der Waals surface area contributed by atoms with Gasteiger partial charge < -0.3 is 9.57 Å². The SMILES string of the molecule is CCCCc1ccc(OCC=NOCCC)cc1. The molecule has 18 heavy (non-hydrogen) atoms. The second-order valence-corrected chi connectivity index (χ2v) is 4.18. The number of oxime groups is 1. The predicted molar refractivity (Wildman–Crippen MR) is 75.3 cm³/mol. The first-order chi connectivity index (χ1) is 8.86. The molecule has 0 N–H and O–H groups in total. The second-order valence-electron chi connectivity index (χ2n) is 4.18. The number of unbranched alkanes of at least 4 members (excludes halogenated alkanes) is 1. The van der Waals surface area contributed by atoms with Crippen LogP contribution in [0.5, 0.6) is 5.75 Å². The summed E-state index contributed by atoms with van der Waals surface area (Å²) in [6.07, 6.45) is 6.22. The van der Waals surface area contributed by atoms with E-state index in [2.05, 4.69) is 24.2 Å². The smallest absolute Gasteiger partial charge is 0.127 e. The number of benzene rings is 1. The molecule has 0 aliphatic heterocycles. The average Bonchev–Trinajstić information content (AvgIpc) is 2.42. The molecule has 100 valence electrons. The molecule has 1 rings (SSSR count).